The molecule has 2 fully saturated rings. The third-order valence-corrected chi connectivity index (χ3v) is 5.31. The highest BCUT2D eigenvalue weighted by molar-refractivity contribution is 7.98. The molecule has 0 amide bonds. The summed E-state index contributed by atoms with van der Waals surface area (Å²) in [6.07, 6.45) is 2.13. The molecule has 1 N–H and O–H groups in total. The van der Waals surface area contributed by atoms with Crippen LogP contribution in [0.5, 0.6) is 0 Å². The Labute approximate surface area is 114 Å². The number of likely N-dealkylation sites (tertiary alicyclic amines) is 1. The predicted molar refractivity (Wildman–Crippen MR) is 78.1 cm³/mol. The lowest BCUT2D eigenvalue weighted by Crippen LogP contribution is -2.28. The molecule has 2 saturated heterocycles. The maximum atomic E-state index is 3.51. The van der Waals surface area contributed by atoms with Crippen molar-refractivity contribution in [3.05, 3.63) is 29.8 Å². The van der Waals surface area contributed by atoms with Crippen LogP contribution in [0.2, 0.25) is 0 Å². The topological polar surface area (TPSA) is 15.3 Å². The lowest BCUT2D eigenvalue weighted by atomic mass is 10.0. The van der Waals surface area contributed by atoms with Gasteiger partial charge in [0.15, 0.2) is 0 Å². The SMILES string of the molecule is CSc1ccc(C(C)N2CC3CNCC3C2)cc1. The number of rotatable bonds is 3. The molecule has 0 aliphatic carbocycles. The summed E-state index contributed by atoms with van der Waals surface area (Å²) >= 11 is 1.81. The number of hydrogen-bond acceptors (Lipinski definition) is 3. The van der Waals surface area contributed by atoms with E-state index < -0.39 is 0 Å². The Hall–Kier alpha value is -0.510. The van der Waals surface area contributed by atoms with Crippen molar-refractivity contribution < 1.29 is 0 Å². The third-order valence-electron chi connectivity index (χ3n) is 4.56. The standard InChI is InChI=1S/C15H22N2S/c1-11(12-3-5-15(18-2)6-4-12)17-9-13-7-16-8-14(13)10-17/h3-6,11,13-14,16H,7-10H2,1-2H3. The minimum absolute atomic E-state index is 0.562. The monoisotopic (exact) mass is 262 g/mol. The lowest BCUT2D eigenvalue weighted by molar-refractivity contribution is 0.244. The highest BCUT2D eigenvalue weighted by atomic mass is 32.2. The zero-order chi connectivity index (χ0) is 12.5. The Kier molecular flexibility index (Phi) is 3.64. The Morgan fingerprint density at radius 3 is 2.33 bits per heavy atom. The Morgan fingerprint density at radius 2 is 1.78 bits per heavy atom. The molecule has 0 spiro atoms. The van der Waals surface area contributed by atoms with Gasteiger partial charge in [0.1, 0.15) is 0 Å². The summed E-state index contributed by atoms with van der Waals surface area (Å²) in [6, 6.07) is 9.64. The Balaban J connectivity index is 1.68. The second-order valence-electron chi connectivity index (χ2n) is 5.58. The Bertz CT molecular complexity index is 391. The van der Waals surface area contributed by atoms with E-state index in [1.165, 1.54) is 36.6 Å². The highest BCUT2D eigenvalue weighted by Gasteiger charge is 2.37. The molecule has 3 rings (SSSR count). The summed E-state index contributed by atoms with van der Waals surface area (Å²) in [5, 5.41) is 3.51. The van der Waals surface area contributed by atoms with Crippen molar-refractivity contribution in [1.82, 2.24) is 10.2 Å². The summed E-state index contributed by atoms with van der Waals surface area (Å²) in [5.41, 5.74) is 1.46. The van der Waals surface area contributed by atoms with E-state index in [0.29, 0.717) is 6.04 Å². The van der Waals surface area contributed by atoms with Crippen LogP contribution < -0.4 is 5.32 Å². The first-order valence-corrected chi connectivity index (χ1v) is 8.09. The van der Waals surface area contributed by atoms with Gasteiger partial charge in [-0.25, -0.2) is 0 Å². The van der Waals surface area contributed by atoms with E-state index in [0.717, 1.165) is 11.8 Å². The van der Waals surface area contributed by atoms with Crippen molar-refractivity contribution in [2.45, 2.75) is 17.9 Å². The van der Waals surface area contributed by atoms with E-state index in [1.54, 1.807) is 0 Å². The maximum Gasteiger partial charge on any atom is 0.0320 e. The van der Waals surface area contributed by atoms with Gasteiger partial charge in [0, 0.05) is 24.0 Å². The third kappa shape index (κ3) is 2.31. The number of benzene rings is 1. The molecule has 1 aromatic carbocycles. The van der Waals surface area contributed by atoms with Crippen LogP contribution in [0.3, 0.4) is 0 Å². The zero-order valence-electron chi connectivity index (χ0n) is 11.2. The summed E-state index contributed by atoms with van der Waals surface area (Å²) in [6.45, 7) is 7.33. The molecule has 2 heterocycles. The van der Waals surface area contributed by atoms with Crippen LogP contribution in [0.25, 0.3) is 0 Å². The number of thioether (sulfide) groups is 1. The van der Waals surface area contributed by atoms with Gasteiger partial charge < -0.3 is 5.32 Å². The van der Waals surface area contributed by atoms with Crippen LogP contribution in [-0.2, 0) is 0 Å². The largest absolute Gasteiger partial charge is 0.316 e. The average molecular weight is 262 g/mol. The van der Waals surface area contributed by atoms with Crippen molar-refractivity contribution in [2.24, 2.45) is 11.8 Å². The van der Waals surface area contributed by atoms with Gasteiger partial charge in [0.2, 0.25) is 0 Å². The number of fused-ring (bicyclic) bond motifs is 1. The molecular weight excluding hydrogens is 240 g/mol. The van der Waals surface area contributed by atoms with Crippen LogP contribution >= 0.6 is 11.8 Å². The number of hydrogen-bond donors (Lipinski definition) is 1. The van der Waals surface area contributed by atoms with Gasteiger partial charge in [0.25, 0.3) is 0 Å². The molecule has 2 aliphatic heterocycles. The van der Waals surface area contributed by atoms with E-state index in [9.17, 15) is 0 Å². The fourth-order valence-corrected chi connectivity index (χ4v) is 3.71. The first kappa shape index (κ1) is 12.5. The Morgan fingerprint density at radius 1 is 1.17 bits per heavy atom. The summed E-state index contributed by atoms with van der Waals surface area (Å²) < 4.78 is 0. The van der Waals surface area contributed by atoms with Gasteiger partial charge in [-0.15, -0.1) is 11.8 Å². The molecule has 3 heteroatoms. The molecular formula is C15H22N2S. The quantitative estimate of drug-likeness (QED) is 0.843. The lowest BCUT2D eigenvalue weighted by Gasteiger charge is -2.25. The van der Waals surface area contributed by atoms with E-state index in [2.05, 4.69) is 47.7 Å². The number of nitrogens with zero attached hydrogens (tertiary/aromatic N) is 1. The number of nitrogens with one attached hydrogen (secondary N) is 1. The van der Waals surface area contributed by atoms with Crippen LogP contribution in [0, 0.1) is 11.8 Å². The van der Waals surface area contributed by atoms with Gasteiger partial charge in [0.05, 0.1) is 0 Å². The summed E-state index contributed by atoms with van der Waals surface area (Å²) in [7, 11) is 0. The second kappa shape index (κ2) is 5.24. The second-order valence-corrected chi connectivity index (χ2v) is 6.46. The molecule has 2 nitrogen and oxygen atoms in total. The van der Waals surface area contributed by atoms with Gasteiger partial charge in [-0.1, -0.05) is 12.1 Å². The van der Waals surface area contributed by atoms with Gasteiger partial charge >= 0.3 is 0 Å². The van der Waals surface area contributed by atoms with Crippen molar-refractivity contribution in [2.75, 3.05) is 32.4 Å². The van der Waals surface area contributed by atoms with Crippen LogP contribution in [0.4, 0.5) is 0 Å². The molecule has 0 saturated carbocycles. The first-order chi connectivity index (χ1) is 8.78. The molecule has 98 valence electrons. The molecule has 2 aliphatic rings. The van der Waals surface area contributed by atoms with E-state index in [-0.39, 0.29) is 0 Å². The molecule has 18 heavy (non-hydrogen) atoms. The van der Waals surface area contributed by atoms with Crippen molar-refractivity contribution in [3.8, 4) is 0 Å². The predicted octanol–water partition coefficient (Wildman–Crippen LogP) is 2.62. The smallest absolute Gasteiger partial charge is 0.0320 e. The molecule has 0 aromatic heterocycles. The fraction of sp³-hybridized carbons (Fsp3) is 0.600. The fourth-order valence-electron chi connectivity index (χ4n) is 3.30. The normalized spacial score (nSPS) is 29.4. The summed E-state index contributed by atoms with van der Waals surface area (Å²) in [5.74, 6) is 1.77. The van der Waals surface area contributed by atoms with Crippen LogP contribution in [0.15, 0.2) is 29.2 Å². The molecule has 1 aromatic rings. The zero-order valence-corrected chi connectivity index (χ0v) is 12.0. The van der Waals surface area contributed by atoms with E-state index in [4.69, 9.17) is 0 Å². The van der Waals surface area contributed by atoms with Crippen molar-refractivity contribution in [1.29, 1.82) is 0 Å². The van der Waals surface area contributed by atoms with Crippen LogP contribution in [0.1, 0.15) is 18.5 Å². The van der Waals surface area contributed by atoms with Gasteiger partial charge in [-0.05, 0) is 55.8 Å². The minimum Gasteiger partial charge on any atom is -0.316 e. The van der Waals surface area contributed by atoms with Crippen molar-refractivity contribution >= 4 is 11.8 Å². The van der Waals surface area contributed by atoms with E-state index in [1.807, 2.05) is 11.8 Å². The maximum absolute atomic E-state index is 3.51. The molecule has 0 bridgehead atoms. The average Bonchev–Trinajstić information content (AvgIpc) is 2.99. The minimum atomic E-state index is 0.562. The van der Waals surface area contributed by atoms with Crippen LogP contribution in [-0.4, -0.2) is 37.3 Å². The van der Waals surface area contributed by atoms with Gasteiger partial charge in [-0.2, -0.15) is 0 Å². The van der Waals surface area contributed by atoms with E-state index >= 15 is 0 Å². The molecule has 3 atom stereocenters. The first-order valence-electron chi connectivity index (χ1n) is 6.86. The molecule has 3 unspecified atom stereocenters. The van der Waals surface area contributed by atoms with Crippen molar-refractivity contribution in [3.63, 3.8) is 0 Å². The molecule has 0 radical (unpaired) electrons. The van der Waals surface area contributed by atoms with Gasteiger partial charge in [-0.3, -0.25) is 4.90 Å². The summed E-state index contributed by atoms with van der Waals surface area (Å²) in [4.78, 5) is 4.01. The highest BCUT2D eigenvalue weighted by Crippen LogP contribution is 2.33.